The molecule has 3 aromatic rings. The summed E-state index contributed by atoms with van der Waals surface area (Å²) in [5.74, 6) is 1.00. The Morgan fingerprint density at radius 1 is 1.13 bits per heavy atom. The van der Waals surface area contributed by atoms with Crippen LogP contribution in [0.5, 0.6) is 0 Å². The third-order valence-electron chi connectivity index (χ3n) is 5.29. The van der Waals surface area contributed by atoms with E-state index in [4.69, 9.17) is 0 Å². The first-order valence-electron chi connectivity index (χ1n) is 10.1. The predicted octanol–water partition coefficient (Wildman–Crippen LogP) is 3.39. The molecule has 8 heteroatoms. The normalized spacial score (nSPS) is 17.5. The molecule has 31 heavy (non-hydrogen) atoms. The average molecular weight is 456 g/mol. The molecule has 1 N–H and O–H groups in total. The van der Waals surface area contributed by atoms with Crippen molar-refractivity contribution in [1.29, 1.82) is 0 Å². The van der Waals surface area contributed by atoms with E-state index >= 15 is 0 Å². The molecule has 1 aliphatic heterocycles. The molecule has 1 aromatic heterocycles. The Labute approximate surface area is 185 Å². The lowest BCUT2D eigenvalue weighted by Crippen LogP contribution is -2.24. The van der Waals surface area contributed by atoms with E-state index < -0.39 is 20.8 Å². The van der Waals surface area contributed by atoms with E-state index in [0.29, 0.717) is 30.2 Å². The van der Waals surface area contributed by atoms with Crippen LogP contribution in [0.1, 0.15) is 41.0 Å². The summed E-state index contributed by atoms with van der Waals surface area (Å²) in [5.41, 5.74) is 4.48. The second-order valence-electron chi connectivity index (χ2n) is 7.59. The molecule has 0 spiro atoms. The lowest BCUT2D eigenvalue weighted by atomic mass is 10.1. The maximum absolute atomic E-state index is 12.6. The van der Waals surface area contributed by atoms with Gasteiger partial charge in [-0.2, -0.15) is 5.10 Å². The quantitative estimate of drug-likeness (QED) is 0.592. The molecule has 1 unspecified atom stereocenters. The minimum atomic E-state index is -3.67. The Kier molecular flexibility index (Phi) is 6.50. The van der Waals surface area contributed by atoms with Crippen molar-refractivity contribution < 1.29 is 12.6 Å². The van der Waals surface area contributed by atoms with Crippen molar-refractivity contribution in [3.8, 4) is 0 Å². The Balaban J connectivity index is 1.58. The zero-order chi connectivity index (χ0) is 21.8. The van der Waals surface area contributed by atoms with Crippen molar-refractivity contribution >= 4 is 26.9 Å². The van der Waals surface area contributed by atoms with Crippen LogP contribution in [0.4, 0.5) is 0 Å². The van der Waals surface area contributed by atoms with Gasteiger partial charge in [0, 0.05) is 45.7 Å². The third-order valence-corrected chi connectivity index (χ3v) is 7.74. The Bertz CT molecular complexity index is 1200. The molecule has 2 heterocycles. The second-order valence-corrected chi connectivity index (χ2v) is 10.8. The van der Waals surface area contributed by atoms with Gasteiger partial charge in [-0.3, -0.25) is 8.89 Å². The van der Waals surface area contributed by atoms with Gasteiger partial charge in [0.1, 0.15) is 0 Å². The number of nitrogens with one attached hydrogen (secondary N) is 1. The van der Waals surface area contributed by atoms with E-state index in [-0.39, 0.29) is 6.04 Å². The predicted molar refractivity (Wildman–Crippen MR) is 124 cm³/mol. The number of fused-ring (bicyclic) bond motifs is 1. The van der Waals surface area contributed by atoms with Crippen LogP contribution >= 0.6 is 0 Å². The van der Waals surface area contributed by atoms with Gasteiger partial charge in [0.2, 0.25) is 10.0 Å². The molecule has 0 saturated carbocycles. The Hall–Kier alpha value is -2.55. The summed E-state index contributed by atoms with van der Waals surface area (Å²) in [6.45, 7) is 2.40. The van der Waals surface area contributed by atoms with Gasteiger partial charge in [-0.1, -0.05) is 60.7 Å². The fourth-order valence-electron chi connectivity index (χ4n) is 3.71. The first kappa shape index (κ1) is 21.7. The zero-order valence-corrected chi connectivity index (χ0v) is 18.9. The highest BCUT2D eigenvalue weighted by atomic mass is 32.2. The molecule has 2 atom stereocenters. The monoisotopic (exact) mass is 455 g/mol. The van der Waals surface area contributed by atoms with E-state index in [1.165, 1.54) is 6.08 Å². The largest absolute Gasteiger partial charge is 0.264 e. The van der Waals surface area contributed by atoms with Gasteiger partial charge in [-0.25, -0.2) is 13.1 Å². The van der Waals surface area contributed by atoms with Crippen molar-refractivity contribution in [3.05, 3.63) is 94.1 Å². The number of benzene rings is 2. The Morgan fingerprint density at radius 2 is 1.81 bits per heavy atom. The van der Waals surface area contributed by atoms with Crippen LogP contribution in [0.15, 0.2) is 66.1 Å². The highest BCUT2D eigenvalue weighted by Crippen LogP contribution is 2.25. The van der Waals surface area contributed by atoms with E-state index in [1.807, 2.05) is 65.3 Å². The highest BCUT2D eigenvalue weighted by Gasteiger charge is 2.24. The maximum Gasteiger partial charge on any atom is 0.234 e. The standard InChI is InChI=1S/C23H25N3O3S2/c1-18(20-10-6-3-7-11-20)25-31(28,29)15-13-22-21-17-30(27)14-12-23(21)26(24-22)16-19-8-4-2-5-9-19/h2-11,13,15,18,25H,12,14,16-17H2,1H3/t18-,30?/m1/s1. The lowest BCUT2D eigenvalue weighted by molar-refractivity contribution is 0.576. The van der Waals surface area contributed by atoms with E-state index in [2.05, 4.69) is 9.82 Å². The summed E-state index contributed by atoms with van der Waals surface area (Å²) in [6.07, 6.45) is 2.19. The number of nitrogens with zero attached hydrogens (tertiary/aromatic N) is 2. The summed E-state index contributed by atoms with van der Waals surface area (Å²) >= 11 is 0. The summed E-state index contributed by atoms with van der Waals surface area (Å²) in [4.78, 5) is 0. The molecular weight excluding hydrogens is 430 g/mol. The van der Waals surface area contributed by atoms with Gasteiger partial charge in [-0.15, -0.1) is 0 Å². The topological polar surface area (TPSA) is 81.1 Å². The van der Waals surface area contributed by atoms with Crippen LogP contribution in [-0.4, -0.2) is 28.2 Å². The minimum Gasteiger partial charge on any atom is -0.264 e. The molecule has 2 aromatic carbocycles. The molecule has 0 amide bonds. The summed E-state index contributed by atoms with van der Waals surface area (Å²) in [7, 11) is -4.63. The summed E-state index contributed by atoms with van der Waals surface area (Å²) in [5, 5.41) is 5.82. The first-order valence-corrected chi connectivity index (χ1v) is 13.2. The SMILES string of the molecule is C[C@@H](NS(=O)(=O)C=Cc1nn(Cc2ccccc2)c2c1CS(=O)CC2)c1ccccc1. The molecule has 0 saturated heterocycles. The van der Waals surface area contributed by atoms with Gasteiger partial charge in [0.25, 0.3) is 0 Å². The van der Waals surface area contributed by atoms with Crippen LogP contribution < -0.4 is 4.72 Å². The van der Waals surface area contributed by atoms with Crippen LogP contribution in [-0.2, 0) is 39.5 Å². The summed E-state index contributed by atoms with van der Waals surface area (Å²) < 4.78 is 42.0. The third kappa shape index (κ3) is 5.39. The van der Waals surface area contributed by atoms with Crippen molar-refractivity contribution in [3.63, 3.8) is 0 Å². The van der Waals surface area contributed by atoms with Crippen LogP contribution in [0.3, 0.4) is 0 Å². The highest BCUT2D eigenvalue weighted by molar-refractivity contribution is 7.92. The minimum absolute atomic E-state index is 0.354. The van der Waals surface area contributed by atoms with Crippen LogP contribution in [0.2, 0.25) is 0 Å². The maximum atomic E-state index is 12.6. The lowest BCUT2D eigenvalue weighted by Gasteiger charge is -2.14. The fraction of sp³-hybridized carbons (Fsp3) is 0.261. The van der Waals surface area contributed by atoms with E-state index in [0.717, 1.165) is 27.8 Å². The molecule has 0 fully saturated rings. The average Bonchev–Trinajstić information content (AvgIpc) is 3.10. The fourth-order valence-corrected chi connectivity index (χ4v) is 5.92. The smallest absolute Gasteiger partial charge is 0.234 e. The molecule has 0 radical (unpaired) electrons. The number of sulfonamides is 1. The number of rotatable bonds is 7. The molecule has 162 valence electrons. The van der Waals surface area contributed by atoms with Crippen LogP contribution in [0, 0.1) is 0 Å². The molecule has 0 aliphatic carbocycles. The number of aromatic nitrogens is 2. The molecule has 4 rings (SSSR count). The van der Waals surface area contributed by atoms with Crippen molar-refractivity contribution in [1.82, 2.24) is 14.5 Å². The van der Waals surface area contributed by atoms with Gasteiger partial charge in [0.05, 0.1) is 18.0 Å². The molecule has 1 aliphatic rings. The second kappa shape index (κ2) is 9.30. The van der Waals surface area contributed by atoms with Gasteiger partial charge < -0.3 is 0 Å². The number of hydrogen-bond donors (Lipinski definition) is 1. The first-order chi connectivity index (χ1) is 14.9. The molecule has 0 bridgehead atoms. The van der Waals surface area contributed by atoms with E-state index in [9.17, 15) is 12.6 Å². The van der Waals surface area contributed by atoms with Crippen LogP contribution in [0.25, 0.3) is 6.08 Å². The van der Waals surface area contributed by atoms with Gasteiger partial charge in [0.15, 0.2) is 0 Å². The van der Waals surface area contributed by atoms with Crippen molar-refractivity contribution in [2.45, 2.75) is 31.7 Å². The van der Waals surface area contributed by atoms with Gasteiger partial charge in [-0.05, 0) is 24.1 Å². The zero-order valence-electron chi connectivity index (χ0n) is 17.3. The molecule has 6 nitrogen and oxygen atoms in total. The summed E-state index contributed by atoms with van der Waals surface area (Å²) in [6, 6.07) is 19.0. The molecular formula is C23H25N3O3S2. The Morgan fingerprint density at radius 3 is 2.52 bits per heavy atom. The van der Waals surface area contributed by atoms with E-state index in [1.54, 1.807) is 6.92 Å². The van der Waals surface area contributed by atoms with Crippen molar-refractivity contribution in [2.24, 2.45) is 0 Å². The van der Waals surface area contributed by atoms with Crippen molar-refractivity contribution in [2.75, 3.05) is 5.75 Å². The number of hydrogen-bond acceptors (Lipinski definition) is 4. The van der Waals surface area contributed by atoms with Gasteiger partial charge >= 0.3 is 0 Å².